The number of carbonyl (C=O) groups excluding carboxylic acids is 1. The fourth-order valence-corrected chi connectivity index (χ4v) is 6.60. The number of nitrogens with one attached hydrogen (secondary N) is 1. The van der Waals surface area contributed by atoms with Gasteiger partial charge in [-0.05, 0) is 0 Å². The summed E-state index contributed by atoms with van der Waals surface area (Å²) in [5.74, 6) is -0.537. The number of hydrogen-bond acceptors (Lipinski definition) is 10. The summed E-state index contributed by atoms with van der Waals surface area (Å²) in [5, 5.41) is 1.29. The van der Waals surface area contributed by atoms with Crippen LogP contribution in [0.15, 0.2) is 17.1 Å². The molecule has 0 radical (unpaired) electrons. The third-order valence-electron chi connectivity index (χ3n) is 4.24. The number of esters is 1. The molecule has 0 bridgehead atoms. The van der Waals surface area contributed by atoms with Crippen LogP contribution in [0.25, 0.3) is 0 Å². The molecule has 3 rings (SSSR count). The Morgan fingerprint density at radius 1 is 1.57 bits per heavy atom. The Hall–Kier alpha value is -1.30. The van der Waals surface area contributed by atoms with Crippen molar-refractivity contribution >= 4 is 31.6 Å². The van der Waals surface area contributed by atoms with E-state index in [0.29, 0.717) is 0 Å². The Kier molecular flexibility index (Phi) is 6.28. The summed E-state index contributed by atoms with van der Waals surface area (Å²) in [5.41, 5.74) is 4.80. The van der Waals surface area contributed by atoms with Crippen molar-refractivity contribution in [2.24, 2.45) is 0 Å². The maximum absolute atomic E-state index is 15.1. The zero-order valence-electron chi connectivity index (χ0n) is 15.6. The zero-order chi connectivity index (χ0) is 20.6. The van der Waals surface area contributed by atoms with Crippen LogP contribution in [-0.4, -0.2) is 56.7 Å². The van der Waals surface area contributed by atoms with Crippen molar-refractivity contribution in [3.05, 3.63) is 22.7 Å². The molecule has 2 saturated heterocycles. The molecule has 2 aliphatic rings. The molecule has 28 heavy (non-hydrogen) atoms. The van der Waals surface area contributed by atoms with Gasteiger partial charge < -0.3 is 0 Å². The van der Waals surface area contributed by atoms with E-state index in [9.17, 15) is 14.5 Å². The molecule has 0 saturated carbocycles. The Balaban J connectivity index is 1.70. The van der Waals surface area contributed by atoms with E-state index in [1.165, 1.54) is 19.2 Å². The fourth-order valence-electron chi connectivity index (χ4n) is 2.97. The number of nitrogens with two attached hydrogens (primary N) is 1. The van der Waals surface area contributed by atoms with Crippen LogP contribution in [-0.2, 0) is 18.6 Å². The molecule has 0 aromatic carbocycles. The second-order valence-corrected chi connectivity index (χ2v) is 10.2. The minimum atomic E-state index is -4.02. The molecule has 1 aromatic rings. The van der Waals surface area contributed by atoms with Crippen molar-refractivity contribution in [2.45, 2.75) is 55.8 Å². The van der Waals surface area contributed by atoms with Gasteiger partial charge in [-0.25, -0.2) is 0 Å². The van der Waals surface area contributed by atoms with Crippen molar-refractivity contribution in [3.8, 4) is 0 Å². The number of nitrogen functional groups attached to an aromatic ring is 1. The van der Waals surface area contributed by atoms with Crippen molar-refractivity contribution in [3.63, 3.8) is 0 Å². The number of ether oxygens (including phenoxy) is 1. The van der Waals surface area contributed by atoms with Crippen LogP contribution in [0.5, 0.6) is 0 Å². The molecule has 158 valence electrons. The van der Waals surface area contributed by atoms with Gasteiger partial charge in [0.05, 0.1) is 0 Å². The molecule has 1 aromatic heterocycles. The van der Waals surface area contributed by atoms with E-state index in [4.69, 9.17) is 19.5 Å². The molecular weight excluding hydrogens is 414 g/mol. The Labute approximate surface area is 165 Å². The fraction of sp³-hybridized carbons (Fsp3) is 0.667. The predicted molar refractivity (Wildman–Crippen MR) is 103 cm³/mol. The van der Waals surface area contributed by atoms with Gasteiger partial charge in [-0.15, -0.1) is 0 Å². The average molecular weight is 438 g/mol. The van der Waals surface area contributed by atoms with E-state index in [0.717, 1.165) is 16.3 Å². The Bertz CT molecular complexity index is 800. The molecule has 5 atom stereocenters. The number of rotatable bonds is 5. The third-order valence-corrected chi connectivity index (χ3v) is 7.70. The summed E-state index contributed by atoms with van der Waals surface area (Å²) >= 11 is 1.16. The molecule has 3 heterocycles. The number of thioether (sulfide) groups is 1. The van der Waals surface area contributed by atoms with E-state index in [1.54, 1.807) is 13.8 Å². The van der Waals surface area contributed by atoms with Gasteiger partial charge in [0.25, 0.3) is 0 Å². The molecule has 1 unspecified atom stereocenters. The average Bonchev–Trinajstić information content (AvgIpc) is 2.90. The number of hydrogen-bond donors (Lipinski definition) is 3. The number of nitrogens with zero attached hydrogens (tertiary/aromatic N) is 2. The van der Waals surface area contributed by atoms with Crippen molar-refractivity contribution in [2.75, 3.05) is 12.3 Å². The van der Waals surface area contributed by atoms with Crippen LogP contribution in [0.3, 0.4) is 0 Å². The van der Waals surface area contributed by atoms with Gasteiger partial charge in [-0.1, -0.05) is 0 Å². The third kappa shape index (κ3) is 4.47. The number of anilines is 1. The molecule has 0 amide bonds. The van der Waals surface area contributed by atoms with Gasteiger partial charge >= 0.3 is 165 Å². The Morgan fingerprint density at radius 3 is 2.93 bits per heavy atom. The molecule has 2 fully saturated rings. The maximum atomic E-state index is 15.1. The summed E-state index contributed by atoms with van der Waals surface area (Å²) in [6.07, 6.45) is -1.55. The second-order valence-electron chi connectivity index (χ2n) is 6.88. The standard InChI is InChI=1S/C15H24FN4O6PS/c1-7(2)25-14(21)8(3)19-27(23)24-6-9-12(26-27)11(16)13(28-9)20-5-4-10(17)18-15(20)22/h4-5,7-9,11-13,19,23,27H,6H2,1-3H3,(H2,17,18,22)/t8?,9-,11+,12-,13-/m1/s1. The van der Waals surface area contributed by atoms with Gasteiger partial charge in [0.1, 0.15) is 0 Å². The van der Waals surface area contributed by atoms with Crippen LogP contribution < -0.4 is 16.5 Å². The first kappa shape index (κ1) is 21.4. The number of alkyl halides is 1. The first-order valence-corrected chi connectivity index (χ1v) is 11.5. The van der Waals surface area contributed by atoms with Crippen LogP contribution >= 0.6 is 19.9 Å². The van der Waals surface area contributed by atoms with E-state index >= 15 is 4.39 Å². The summed E-state index contributed by atoms with van der Waals surface area (Å²) in [7, 11) is -4.02. The van der Waals surface area contributed by atoms with Crippen LogP contribution in [0.2, 0.25) is 0 Å². The molecule has 0 aliphatic carbocycles. The van der Waals surface area contributed by atoms with Gasteiger partial charge in [0, 0.05) is 0 Å². The van der Waals surface area contributed by atoms with Crippen molar-refractivity contribution in [1.82, 2.24) is 14.6 Å². The SMILES string of the molecule is CC(C)OC(=O)C(C)N[PH]1(O)OC[C@H]2S[C@@H](n3ccc(N)nc3=O)[C@@H](F)[C@@H]2O1. The topological polar surface area (TPSA) is 138 Å². The van der Waals surface area contributed by atoms with Gasteiger partial charge in [-0.2, -0.15) is 0 Å². The summed E-state index contributed by atoms with van der Waals surface area (Å²) < 4.78 is 32.3. The van der Waals surface area contributed by atoms with Gasteiger partial charge in [0.2, 0.25) is 0 Å². The molecule has 13 heteroatoms. The summed E-state index contributed by atoms with van der Waals surface area (Å²) in [4.78, 5) is 38.2. The normalized spacial score (nSPS) is 31.2. The summed E-state index contributed by atoms with van der Waals surface area (Å²) in [6.45, 7) is 4.90. The van der Waals surface area contributed by atoms with E-state index in [1.807, 2.05) is 0 Å². The first-order valence-electron chi connectivity index (χ1n) is 8.76. The van der Waals surface area contributed by atoms with Crippen molar-refractivity contribution < 1.29 is 27.9 Å². The van der Waals surface area contributed by atoms with Crippen LogP contribution in [0.1, 0.15) is 26.1 Å². The minimum absolute atomic E-state index is 0.00503. The summed E-state index contributed by atoms with van der Waals surface area (Å²) in [6, 6.07) is 0.505. The Morgan fingerprint density at radius 2 is 2.29 bits per heavy atom. The van der Waals surface area contributed by atoms with E-state index < -0.39 is 48.7 Å². The quantitative estimate of drug-likeness (QED) is 0.441. The molecule has 2 aliphatic heterocycles. The van der Waals surface area contributed by atoms with Crippen molar-refractivity contribution in [1.29, 1.82) is 0 Å². The number of aromatic nitrogens is 2. The number of fused-ring (bicyclic) bond motifs is 1. The molecule has 0 spiro atoms. The van der Waals surface area contributed by atoms with Crippen LogP contribution in [0, 0.1) is 0 Å². The predicted octanol–water partition coefficient (Wildman–Crippen LogP) is 0.525. The second kappa shape index (κ2) is 8.21. The molecule has 4 N–H and O–H groups in total. The number of halogens is 1. The van der Waals surface area contributed by atoms with E-state index in [-0.39, 0.29) is 18.5 Å². The van der Waals surface area contributed by atoms with E-state index in [2.05, 4.69) is 10.1 Å². The first-order chi connectivity index (χ1) is 13.1. The van der Waals surface area contributed by atoms with Gasteiger partial charge in [0.15, 0.2) is 0 Å². The molecule has 10 nitrogen and oxygen atoms in total. The zero-order valence-corrected chi connectivity index (χ0v) is 17.4. The number of carbonyl (C=O) groups is 1. The monoisotopic (exact) mass is 438 g/mol. The van der Waals surface area contributed by atoms with Crippen LogP contribution in [0.4, 0.5) is 10.2 Å². The molecular formula is C15H24FN4O6PS. The van der Waals surface area contributed by atoms with Gasteiger partial charge in [-0.3, -0.25) is 0 Å².